The van der Waals surface area contributed by atoms with Crippen LogP contribution in [0.3, 0.4) is 0 Å². The van der Waals surface area contributed by atoms with E-state index in [1.807, 2.05) is 31.2 Å². The molecule has 34 heavy (non-hydrogen) atoms. The highest BCUT2D eigenvalue weighted by molar-refractivity contribution is 7.86. The van der Waals surface area contributed by atoms with Crippen molar-refractivity contribution in [2.45, 2.75) is 18.8 Å². The molecule has 9 heteroatoms. The quantitative estimate of drug-likeness (QED) is 0.217. The number of allylic oxidation sites excluding steroid dienone is 1. The minimum absolute atomic E-state index is 0.576. The lowest BCUT2D eigenvalue weighted by Gasteiger charge is -2.27. The molecule has 0 N–H and O–H groups in total. The molecular weight excluding hydrogens is 484 g/mol. The maximum absolute atomic E-state index is 14.8. The summed E-state index contributed by atoms with van der Waals surface area (Å²) in [7, 11) is -7.87. The van der Waals surface area contributed by atoms with Crippen molar-refractivity contribution in [3.05, 3.63) is 108 Å². The first kappa shape index (κ1) is 25.9. The zero-order chi connectivity index (χ0) is 24.8. The second kappa shape index (κ2) is 10.7. The van der Waals surface area contributed by atoms with Gasteiger partial charge in [0.25, 0.3) is 10.1 Å². The molecule has 0 radical (unpaired) electrons. The number of rotatable bonds is 9. The van der Waals surface area contributed by atoms with Gasteiger partial charge in [0.1, 0.15) is 0 Å². The first-order chi connectivity index (χ1) is 16.0. The molecule has 3 rings (SSSR count). The van der Waals surface area contributed by atoms with Gasteiger partial charge in [0, 0.05) is 10.6 Å². The Labute approximate surface area is 197 Å². The number of benzene rings is 3. The third kappa shape index (κ3) is 6.69. The van der Waals surface area contributed by atoms with E-state index in [0.717, 1.165) is 5.56 Å². The van der Waals surface area contributed by atoms with Gasteiger partial charge in [-0.05, 0) is 12.5 Å². The standard InChI is InChI=1S/C25H24F3O4PS/c1-20-14-16-21(17-15-20)24(13-8-18-34(30,31)32-19-25(26,27)28)33(29,22-9-4-2-5-10-22)23-11-6-3-7-12-23/h2-17,24H,18-19H2,1H3/b13-8-/t24-/m0/s1. The fourth-order valence-electron chi connectivity index (χ4n) is 3.48. The SMILES string of the molecule is Cc1ccc([C@H](/C=C\CS(=O)(=O)OCC(F)(F)F)P(=O)(c2ccccc2)c2ccccc2)cc1. The van der Waals surface area contributed by atoms with Crippen LogP contribution in [0.25, 0.3) is 0 Å². The Morgan fingerprint density at radius 1 is 0.882 bits per heavy atom. The topological polar surface area (TPSA) is 60.4 Å². The normalized spacial score (nSPS) is 13.8. The largest absolute Gasteiger partial charge is 0.413 e. The monoisotopic (exact) mass is 508 g/mol. The summed E-state index contributed by atoms with van der Waals surface area (Å²) in [6.07, 6.45) is -2.08. The molecule has 0 aromatic heterocycles. The molecule has 3 aromatic rings. The van der Waals surface area contributed by atoms with Crippen LogP contribution in [-0.2, 0) is 18.9 Å². The van der Waals surface area contributed by atoms with Gasteiger partial charge in [0.15, 0.2) is 13.7 Å². The van der Waals surface area contributed by atoms with Crippen LogP contribution in [0.2, 0.25) is 0 Å². The van der Waals surface area contributed by atoms with E-state index in [1.165, 1.54) is 12.2 Å². The molecule has 0 aliphatic heterocycles. The van der Waals surface area contributed by atoms with Crippen LogP contribution in [0.1, 0.15) is 16.8 Å². The molecule has 1 atom stereocenters. The first-order valence-corrected chi connectivity index (χ1v) is 13.7. The molecule has 180 valence electrons. The summed E-state index contributed by atoms with van der Waals surface area (Å²) >= 11 is 0. The maximum Gasteiger partial charge on any atom is 0.413 e. The van der Waals surface area contributed by atoms with Crippen molar-refractivity contribution in [3.8, 4) is 0 Å². The molecule has 0 bridgehead atoms. The molecule has 0 saturated heterocycles. The van der Waals surface area contributed by atoms with E-state index >= 15 is 0 Å². The summed E-state index contributed by atoms with van der Waals surface area (Å²) in [5.74, 6) is -0.783. The third-order valence-corrected chi connectivity index (χ3v) is 9.57. The highest BCUT2D eigenvalue weighted by Gasteiger charge is 2.36. The van der Waals surface area contributed by atoms with Crippen molar-refractivity contribution in [2.75, 3.05) is 12.4 Å². The molecule has 0 spiro atoms. The van der Waals surface area contributed by atoms with Crippen molar-refractivity contribution in [2.24, 2.45) is 0 Å². The Morgan fingerprint density at radius 3 is 1.85 bits per heavy atom. The van der Waals surface area contributed by atoms with Crippen LogP contribution in [0.5, 0.6) is 0 Å². The van der Waals surface area contributed by atoms with Gasteiger partial charge in [0.2, 0.25) is 0 Å². The summed E-state index contributed by atoms with van der Waals surface area (Å²) in [5, 5.41) is 1.15. The Kier molecular flexibility index (Phi) is 8.18. The minimum atomic E-state index is -4.77. The van der Waals surface area contributed by atoms with E-state index in [4.69, 9.17) is 0 Å². The zero-order valence-corrected chi connectivity index (χ0v) is 20.1. The average molecular weight is 508 g/mol. The van der Waals surface area contributed by atoms with Crippen LogP contribution in [-0.4, -0.2) is 27.0 Å². The van der Waals surface area contributed by atoms with E-state index in [-0.39, 0.29) is 0 Å². The Bertz CT molecular complexity index is 1210. The predicted octanol–water partition coefficient (Wildman–Crippen LogP) is 5.52. The van der Waals surface area contributed by atoms with E-state index < -0.39 is 41.5 Å². The van der Waals surface area contributed by atoms with E-state index in [0.29, 0.717) is 16.2 Å². The lowest BCUT2D eigenvalue weighted by atomic mass is 10.1. The Morgan fingerprint density at radius 2 is 1.38 bits per heavy atom. The lowest BCUT2D eigenvalue weighted by Crippen LogP contribution is -2.22. The van der Waals surface area contributed by atoms with Gasteiger partial charge < -0.3 is 4.57 Å². The van der Waals surface area contributed by atoms with Crippen molar-refractivity contribution in [3.63, 3.8) is 0 Å². The average Bonchev–Trinajstić information content (AvgIpc) is 2.82. The molecule has 0 fully saturated rings. The van der Waals surface area contributed by atoms with Crippen LogP contribution in [0.15, 0.2) is 97.1 Å². The number of aryl methyl sites for hydroxylation is 1. The van der Waals surface area contributed by atoms with Crippen molar-refractivity contribution < 1.29 is 30.3 Å². The molecule has 3 aromatic carbocycles. The third-order valence-electron chi connectivity index (χ3n) is 5.11. The van der Waals surface area contributed by atoms with Gasteiger partial charge in [0.05, 0.1) is 11.4 Å². The second-order valence-electron chi connectivity index (χ2n) is 7.71. The minimum Gasteiger partial charge on any atom is -0.313 e. The molecule has 0 aliphatic rings. The highest BCUT2D eigenvalue weighted by atomic mass is 32.2. The van der Waals surface area contributed by atoms with Crippen LogP contribution in [0, 0.1) is 6.92 Å². The van der Waals surface area contributed by atoms with Gasteiger partial charge >= 0.3 is 6.18 Å². The number of hydrogen-bond donors (Lipinski definition) is 0. The van der Waals surface area contributed by atoms with Crippen LogP contribution in [0.4, 0.5) is 13.2 Å². The zero-order valence-electron chi connectivity index (χ0n) is 18.4. The van der Waals surface area contributed by atoms with Crippen LogP contribution >= 0.6 is 7.14 Å². The van der Waals surface area contributed by atoms with E-state index in [1.54, 1.807) is 60.7 Å². The van der Waals surface area contributed by atoms with E-state index in [2.05, 4.69) is 4.18 Å². The number of hydrogen-bond acceptors (Lipinski definition) is 4. The molecule has 0 heterocycles. The fraction of sp³-hybridized carbons (Fsp3) is 0.200. The second-order valence-corrected chi connectivity index (χ2v) is 12.3. The van der Waals surface area contributed by atoms with Crippen LogP contribution < -0.4 is 10.6 Å². The molecular formula is C25H24F3O4PS. The Balaban J connectivity index is 2.07. The Hall–Kier alpha value is -2.67. The molecule has 0 amide bonds. The summed E-state index contributed by atoms with van der Waals surface area (Å²) in [5.41, 5.74) is 0.922. The molecule has 4 nitrogen and oxygen atoms in total. The highest BCUT2D eigenvalue weighted by Crippen LogP contribution is 2.57. The first-order valence-electron chi connectivity index (χ1n) is 10.4. The van der Waals surface area contributed by atoms with Gasteiger partial charge in [-0.1, -0.05) is 103 Å². The summed E-state index contributed by atoms with van der Waals surface area (Å²) in [6, 6.07) is 25.1. The van der Waals surface area contributed by atoms with Gasteiger partial charge in [-0.15, -0.1) is 0 Å². The number of halogens is 3. The van der Waals surface area contributed by atoms with Crippen molar-refractivity contribution >= 4 is 27.9 Å². The smallest absolute Gasteiger partial charge is 0.313 e. The molecule has 0 saturated carbocycles. The molecule has 0 aliphatic carbocycles. The van der Waals surface area contributed by atoms with Crippen molar-refractivity contribution in [1.82, 2.24) is 0 Å². The fourth-order valence-corrected chi connectivity index (χ4v) is 7.37. The van der Waals surface area contributed by atoms with E-state index in [9.17, 15) is 26.2 Å². The van der Waals surface area contributed by atoms with Gasteiger partial charge in [-0.2, -0.15) is 21.6 Å². The number of alkyl halides is 3. The molecule has 0 unspecified atom stereocenters. The summed E-state index contributed by atoms with van der Waals surface area (Å²) in [4.78, 5) is 0. The summed E-state index contributed by atoms with van der Waals surface area (Å²) in [6.45, 7) is 0.0181. The predicted molar refractivity (Wildman–Crippen MR) is 129 cm³/mol. The maximum atomic E-state index is 14.8. The summed E-state index contributed by atoms with van der Waals surface area (Å²) < 4.78 is 80.0. The van der Waals surface area contributed by atoms with Crippen molar-refractivity contribution in [1.29, 1.82) is 0 Å². The van der Waals surface area contributed by atoms with Gasteiger partial charge in [-0.3, -0.25) is 4.18 Å². The van der Waals surface area contributed by atoms with Gasteiger partial charge in [-0.25, -0.2) is 0 Å². The lowest BCUT2D eigenvalue weighted by molar-refractivity contribution is -0.152.